The fourth-order valence-electron chi connectivity index (χ4n) is 3.43. The molecule has 1 aromatic heterocycles. The number of benzene rings is 1. The second kappa shape index (κ2) is 7.21. The average Bonchev–Trinajstić information content (AvgIpc) is 3.30. The number of hydrogen-bond donors (Lipinski definition) is 0. The fraction of sp³-hybridized carbons (Fsp3) is 0.286. The summed E-state index contributed by atoms with van der Waals surface area (Å²) in [6, 6.07) is 5.68. The van der Waals surface area contributed by atoms with E-state index in [0.717, 1.165) is 35.5 Å². The van der Waals surface area contributed by atoms with Gasteiger partial charge >= 0.3 is 0 Å². The van der Waals surface area contributed by atoms with Crippen molar-refractivity contribution in [3.63, 3.8) is 0 Å². The summed E-state index contributed by atoms with van der Waals surface area (Å²) in [6.07, 6.45) is 4.82. The summed E-state index contributed by atoms with van der Waals surface area (Å²) < 4.78 is 17.2. The number of thiophene rings is 1. The van der Waals surface area contributed by atoms with Crippen LogP contribution in [-0.4, -0.2) is 45.0 Å². The van der Waals surface area contributed by atoms with Crippen molar-refractivity contribution in [3.8, 4) is 17.2 Å². The van der Waals surface area contributed by atoms with Crippen LogP contribution in [0.4, 0.5) is 0 Å². The van der Waals surface area contributed by atoms with Crippen LogP contribution in [0.25, 0.3) is 11.6 Å². The Kier molecular flexibility index (Phi) is 4.76. The monoisotopic (exact) mass is 383 g/mol. The van der Waals surface area contributed by atoms with E-state index in [1.807, 2.05) is 17.5 Å². The Balaban J connectivity index is 1.87. The zero-order valence-electron chi connectivity index (χ0n) is 15.6. The number of nitrogens with zero attached hydrogens (tertiary/aromatic N) is 1. The molecule has 27 heavy (non-hydrogen) atoms. The average molecular weight is 383 g/mol. The van der Waals surface area contributed by atoms with Crippen LogP contribution in [0.1, 0.15) is 27.2 Å². The van der Waals surface area contributed by atoms with Crippen molar-refractivity contribution in [2.75, 3.05) is 34.4 Å². The van der Waals surface area contributed by atoms with Gasteiger partial charge in [0.25, 0.3) is 0 Å². The van der Waals surface area contributed by atoms with Crippen LogP contribution >= 0.6 is 11.3 Å². The molecule has 2 aliphatic rings. The molecule has 0 aliphatic carbocycles. The lowest BCUT2D eigenvalue weighted by Gasteiger charge is -2.24. The largest absolute Gasteiger partial charge is 0.496 e. The summed E-state index contributed by atoms with van der Waals surface area (Å²) >= 11 is 1.56. The zero-order chi connectivity index (χ0) is 19.0. The number of carbonyl (C=O) groups is 1. The summed E-state index contributed by atoms with van der Waals surface area (Å²) in [5.74, 6) is 1.82. The summed E-state index contributed by atoms with van der Waals surface area (Å²) in [4.78, 5) is 16.3. The van der Waals surface area contributed by atoms with Crippen LogP contribution in [0.15, 0.2) is 35.4 Å². The minimum Gasteiger partial charge on any atom is -0.496 e. The first-order valence-electron chi connectivity index (χ1n) is 8.77. The van der Waals surface area contributed by atoms with Crippen molar-refractivity contribution < 1.29 is 19.0 Å². The van der Waals surface area contributed by atoms with Crippen molar-refractivity contribution in [3.05, 3.63) is 51.4 Å². The highest BCUT2D eigenvalue weighted by molar-refractivity contribution is 7.10. The number of ketones is 1. The van der Waals surface area contributed by atoms with Crippen LogP contribution < -0.4 is 14.2 Å². The van der Waals surface area contributed by atoms with E-state index in [9.17, 15) is 4.79 Å². The predicted molar refractivity (Wildman–Crippen MR) is 107 cm³/mol. The third-order valence-corrected chi connectivity index (χ3v) is 5.68. The van der Waals surface area contributed by atoms with Crippen molar-refractivity contribution in [2.24, 2.45) is 0 Å². The predicted octanol–water partition coefficient (Wildman–Crippen LogP) is 4.10. The molecule has 3 heterocycles. The van der Waals surface area contributed by atoms with Crippen molar-refractivity contribution in [1.29, 1.82) is 0 Å². The standard InChI is InChI=1S/C21H21NO4S/c1-22-8-6-13(7-9-22)18-15(24-2)12-16(25-3)19-20(23)17(26-21(18)19)11-14-5-4-10-27-14/h4-6,10-12H,7-9H2,1-3H3/b17-11-. The number of carbonyl (C=O) groups excluding carboxylic acids is 1. The number of ether oxygens (including phenoxy) is 3. The van der Waals surface area contributed by atoms with Crippen LogP contribution in [0.5, 0.6) is 17.2 Å². The van der Waals surface area contributed by atoms with E-state index in [0.29, 0.717) is 28.6 Å². The Hall–Kier alpha value is -2.57. The van der Waals surface area contributed by atoms with Gasteiger partial charge in [-0.15, -0.1) is 11.3 Å². The van der Waals surface area contributed by atoms with Crippen LogP contribution in [0, 0.1) is 0 Å². The van der Waals surface area contributed by atoms with Gasteiger partial charge in [0, 0.05) is 30.1 Å². The minimum atomic E-state index is -0.160. The normalized spacial score (nSPS) is 18.3. The smallest absolute Gasteiger partial charge is 0.235 e. The first-order valence-corrected chi connectivity index (χ1v) is 9.65. The topological polar surface area (TPSA) is 48.0 Å². The Morgan fingerprint density at radius 2 is 2.00 bits per heavy atom. The molecule has 0 amide bonds. The van der Waals surface area contributed by atoms with Crippen LogP contribution in [-0.2, 0) is 0 Å². The molecule has 0 spiro atoms. The number of allylic oxidation sites excluding steroid dienone is 1. The maximum Gasteiger partial charge on any atom is 0.235 e. The third-order valence-electron chi connectivity index (χ3n) is 4.86. The van der Waals surface area contributed by atoms with E-state index in [-0.39, 0.29) is 5.78 Å². The molecule has 0 fully saturated rings. The molecule has 5 nitrogen and oxygen atoms in total. The molecular formula is C21H21NO4S. The number of rotatable bonds is 4. The SMILES string of the molecule is COc1cc(OC)c(C2=CCN(C)CC2)c2c1C(=O)/C(=C/c1cccs1)O2. The molecule has 140 valence electrons. The summed E-state index contributed by atoms with van der Waals surface area (Å²) in [5, 5.41) is 1.97. The van der Waals surface area contributed by atoms with E-state index in [1.54, 1.807) is 37.7 Å². The van der Waals surface area contributed by atoms with Crippen molar-refractivity contribution >= 4 is 28.8 Å². The number of Topliss-reactive ketones (excluding diaryl/α,β-unsaturated/α-hetero) is 1. The molecule has 0 bridgehead atoms. The minimum absolute atomic E-state index is 0.160. The summed E-state index contributed by atoms with van der Waals surface area (Å²) in [6.45, 7) is 1.80. The first kappa shape index (κ1) is 17.8. The highest BCUT2D eigenvalue weighted by Crippen LogP contribution is 2.49. The van der Waals surface area contributed by atoms with Crippen molar-refractivity contribution in [1.82, 2.24) is 4.90 Å². The number of hydrogen-bond acceptors (Lipinski definition) is 6. The van der Waals surface area contributed by atoms with E-state index in [4.69, 9.17) is 14.2 Å². The molecule has 4 rings (SSSR count). The fourth-order valence-corrected chi connectivity index (χ4v) is 4.08. The molecule has 0 N–H and O–H groups in total. The van der Waals surface area contributed by atoms with Gasteiger partial charge in [0.2, 0.25) is 5.78 Å². The highest BCUT2D eigenvalue weighted by atomic mass is 32.1. The summed E-state index contributed by atoms with van der Waals surface area (Å²) in [5.41, 5.74) is 2.45. The number of likely N-dealkylation sites (N-methyl/N-ethyl adjacent to an activating group) is 1. The van der Waals surface area contributed by atoms with Gasteiger partial charge in [-0.2, -0.15) is 0 Å². The van der Waals surface area contributed by atoms with Gasteiger partial charge in [0.15, 0.2) is 11.5 Å². The van der Waals surface area contributed by atoms with E-state index < -0.39 is 0 Å². The quantitative estimate of drug-likeness (QED) is 0.744. The molecule has 6 heteroatoms. The second-order valence-corrected chi connectivity index (χ2v) is 7.54. The molecule has 1 aromatic carbocycles. The number of methoxy groups -OCH3 is 2. The van der Waals surface area contributed by atoms with E-state index >= 15 is 0 Å². The Morgan fingerprint density at radius 1 is 1.22 bits per heavy atom. The molecule has 0 atom stereocenters. The third kappa shape index (κ3) is 3.15. The molecule has 0 radical (unpaired) electrons. The lowest BCUT2D eigenvalue weighted by molar-refractivity contribution is 0.101. The molecule has 0 unspecified atom stereocenters. The van der Waals surface area contributed by atoms with Crippen molar-refractivity contribution in [2.45, 2.75) is 6.42 Å². The Morgan fingerprint density at radius 3 is 2.63 bits per heavy atom. The van der Waals surface area contributed by atoms with Gasteiger partial charge in [0.1, 0.15) is 17.1 Å². The maximum atomic E-state index is 13.1. The van der Waals surface area contributed by atoms with Gasteiger partial charge in [-0.1, -0.05) is 12.1 Å². The van der Waals surface area contributed by atoms with E-state index in [1.165, 1.54) is 0 Å². The molecule has 0 saturated carbocycles. The molecule has 0 saturated heterocycles. The first-order chi connectivity index (χ1) is 13.1. The highest BCUT2D eigenvalue weighted by Gasteiger charge is 2.36. The second-order valence-electron chi connectivity index (χ2n) is 6.56. The molecule has 2 aromatic rings. The van der Waals surface area contributed by atoms with Gasteiger partial charge in [-0.3, -0.25) is 4.79 Å². The van der Waals surface area contributed by atoms with Gasteiger partial charge in [-0.25, -0.2) is 0 Å². The summed E-state index contributed by atoms with van der Waals surface area (Å²) in [7, 11) is 5.27. The molecule has 2 aliphatic heterocycles. The van der Waals surface area contributed by atoms with Crippen LogP contribution in [0.3, 0.4) is 0 Å². The Bertz CT molecular complexity index is 944. The Labute approximate surface area is 162 Å². The van der Waals surface area contributed by atoms with E-state index in [2.05, 4.69) is 18.0 Å². The lowest BCUT2D eigenvalue weighted by atomic mass is 9.94. The number of fused-ring (bicyclic) bond motifs is 1. The van der Waals surface area contributed by atoms with Gasteiger partial charge < -0.3 is 19.1 Å². The van der Waals surface area contributed by atoms with Gasteiger partial charge in [-0.05, 0) is 30.5 Å². The van der Waals surface area contributed by atoms with Gasteiger partial charge in [0.05, 0.1) is 19.8 Å². The maximum absolute atomic E-state index is 13.1. The molecular weight excluding hydrogens is 362 g/mol. The zero-order valence-corrected chi connectivity index (χ0v) is 16.4. The lowest BCUT2D eigenvalue weighted by Crippen LogP contribution is -2.23. The van der Waals surface area contributed by atoms with Crippen LogP contribution in [0.2, 0.25) is 0 Å².